The zero-order valence-electron chi connectivity index (χ0n) is 16.3. The third kappa shape index (κ3) is 5.35. The first-order chi connectivity index (χ1) is 13.2. The van der Waals surface area contributed by atoms with Gasteiger partial charge < -0.3 is 9.32 Å². The van der Waals surface area contributed by atoms with Gasteiger partial charge in [-0.1, -0.05) is 43.3 Å². The van der Waals surface area contributed by atoms with Crippen LogP contribution in [-0.2, 0) is 14.6 Å². The number of carbonyl (C=O) groups is 1. The highest BCUT2D eigenvalue weighted by Crippen LogP contribution is 2.25. The molecule has 2 heterocycles. The maximum absolute atomic E-state index is 12.8. The monoisotopic (exact) mass is 423 g/mol. The molecule has 9 heteroatoms. The average Bonchev–Trinajstić information content (AvgIpc) is 3.24. The summed E-state index contributed by atoms with van der Waals surface area (Å²) in [5.74, 6) is 0.907. The standard InChI is InChI=1S/C19H25N3O4S2/c1-13(2)10-22(16-8-9-28(24,25)12-16)17(23)11-27-19-21-20-18(26-19)15-6-4-14(3)5-7-15/h4-7,13,16H,8-12H2,1-3H3/t16-/m0/s1. The summed E-state index contributed by atoms with van der Waals surface area (Å²) in [4.78, 5) is 14.5. The van der Waals surface area contributed by atoms with Crippen molar-refractivity contribution in [3.63, 3.8) is 0 Å². The van der Waals surface area contributed by atoms with Gasteiger partial charge in [0.05, 0.1) is 17.3 Å². The summed E-state index contributed by atoms with van der Waals surface area (Å²) in [5, 5.41) is 8.38. The van der Waals surface area contributed by atoms with Crippen LogP contribution in [0.3, 0.4) is 0 Å². The maximum atomic E-state index is 12.8. The number of rotatable bonds is 7. The molecule has 1 fully saturated rings. The summed E-state index contributed by atoms with van der Waals surface area (Å²) in [6.45, 7) is 6.58. The number of thioether (sulfide) groups is 1. The summed E-state index contributed by atoms with van der Waals surface area (Å²) in [6, 6.07) is 7.51. The van der Waals surface area contributed by atoms with Gasteiger partial charge in [-0.2, -0.15) is 0 Å². The lowest BCUT2D eigenvalue weighted by Gasteiger charge is -2.29. The van der Waals surface area contributed by atoms with Gasteiger partial charge in [0.2, 0.25) is 11.8 Å². The molecule has 0 aliphatic carbocycles. The fraction of sp³-hybridized carbons (Fsp3) is 0.526. The molecule has 0 N–H and O–H groups in total. The van der Waals surface area contributed by atoms with Crippen LogP contribution in [0.4, 0.5) is 0 Å². The molecule has 1 atom stereocenters. The van der Waals surface area contributed by atoms with Gasteiger partial charge in [0.1, 0.15) is 0 Å². The van der Waals surface area contributed by atoms with Gasteiger partial charge in [-0.15, -0.1) is 10.2 Å². The Morgan fingerprint density at radius 1 is 1.29 bits per heavy atom. The van der Waals surface area contributed by atoms with E-state index in [1.807, 2.05) is 45.0 Å². The zero-order chi connectivity index (χ0) is 20.3. The highest BCUT2D eigenvalue weighted by atomic mass is 32.2. The zero-order valence-corrected chi connectivity index (χ0v) is 17.9. The smallest absolute Gasteiger partial charge is 0.277 e. The number of aryl methyl sites for hydroxylation is 1. The number of hydrogen-bond acceptors (Lipinski definition) is 7. The molecule has 1 aromatic carbocycles. The first-order valence-corrected chi connectivity index (χ1v) is 12.1. The largest absolute Gasteiger partial charge is 0.411 e. The second-order valence-corrected chi connectivity index (χ2v) is 10.7. The molecule has 1 saturated heterocycles. The van der Waals surface area contributed by atoms with Crippen LogP contribution in [0.1, 0.15) is 25.8 Å². The molecule has 7 nitrogen and oxygen atoms in total. The molecule has 1 amide bonds. The van der Waals surface area contributed by atoms with Gasteiger partial charge in [-0.25, -0.2) is 8.42 Å². The summed E-state index contributed by atoms with van der Waals surface area (Å²) in [6.07, 6.45) is 0.504. The van der Waals surface area contributed by atoms with E-state index in [4.69, 9.17) is 4.42 Å². The van der Waals surface area contributed by atoms with Crippen molar-refractivity contribution in [3.05, 3.63) is 29.8 Å². The van der Waals surface area contributed by atoms with Crippen LogP contribution in [0.5, 0.6) is 0 Å². The van der Waals surface area contributed by atoms with Crippen LogP contribution in [0.25, 0.3) is 11.5 Å². The van der Waals surface area contributed by atoms with E-state index in [1.165, 1.54) is 11.8 Å². The Labute approximate surface area is 169 Å². The summed E-state index contributed by atoms with van der Waals surface area (Å²) in [5.41, 5.74) is 1.97. The lowest BCUT2D eigenvalue weighted by molar-refractivity contribution is -0.130. The van der Waals surface area contributed by atoms with Crippen LogP contribution in [0.15, 0.2) is 33.9 Å². The molecule has 3 rings (SSSR count). The average molecular weight is 424 g/mol. The van der Waals surface area contributed by atoms with Gasteiger partial charge in [0.15, 0.2) is 9.84 Å². The minimum atomic E-state index is -3.05. The predicted molar refractivity (Wildman–Crippen MR) is 109 cm³/mol. The number of nitrogens with zero attached hydrogens (tertiary/aromatic N) is 3. The van der Waals surface area contributed by atoms with Gasteiger partial charge in [0, 0.05) is 18.2 Å². The fourth-order valence-electron chi connectivity index (χ4n) is 3.16. The first kappa shape index (κ1) is 20.9. The van der Waals surface area contributed by atoms with E-state index in [9.17, 15) is 13.2 Å². The Morgan fingerprint density at radius 2 is 2.00 bits per heavy atom. The first-order valence-electron chi connectivity index (χ1n) is 9.27. The van der Waals surface area contributed by atoms with Crippen LogP contribution in [0, 0.1) is 12.8 Å². The van der Waals surface area contributed by atoms with E-state index < -0.39 is 9.84 Å². The Bertz CT molecular complexity index is 923. The molecular formula is C19H25N3O4S2. The van der Waals surface area contributed by atoms with E-state index in [0.29, 0.717) is 24.1 Å². The predicted octanol–water partition coefficient (Wildman–Crippen LogP) is 2.81. The number of sulfone groups is 1. The molecule has 0 bridgehead atoms. The second-order valence-electron chi connectivity index (χ2n) is 7.52. The second kappa shape index (κ2) is 8.65. The Morgan fingerprint density at radius 3 is 2.61 bits per heavy atom. The van der Waals surface area contributed by atoms with Crippen molar-refractivity contribution in [2.75, 3.05) is 23.8 Å². The maximum Gasteiger partial charge on any atom is 0.277 e. The van der Waals surface area contributed by atoms with Crippen LogP contribution in [0.2, 0.25) is 0 Å². The van der Waals surface area contributed by atoms with E-state index in [1.54, 1.807) is 4.90 Å². The van der Waals surface area contributed by atoms with Crippen molar-refractivity contribution in [1.82, 2.24) is 15.1 Å². The molecule has 152 valence electrons. The van der Waals surface area contributed by atoms with Crippen molar-refractivity contribution >= 4 is 27.5 Å². The number of carbonyl (C=O) groups excluding carboxylic acids is 1. The van der Waals surface area contributed by atoms with Crippen LogP contribution < -0.4 is 0 Å². The van der Waals surface area contributed by atoms with Crippen molar-refractivity contribution in [1.29, 1.82) is 0 Å². The Kier molecular flexibility index (Phi) is 6.44. The van der Waals surface area contributed by atoms with Gasteiger partial charge in [-0.05, 0) is 31.4 Å². The molecule has 28 heavy (non-hydrogen) atoms. The summed E-state index contributed by atoms with van der Waals surface area (Å²) in [7, 11) is -3.05. The topological polar surface area (TPSA) is 93.4 Å². The summed E-state index contributed by atoms with van der Waals surface area (Å²) < 4.78 is 29.3. The summed E-state index contributed by atoms with van der Waals surface area (Å²) >= 11 is 1.18. The van der Waals surface area contributed by atoms with Gasteiger partial charge in [-0.3, -0.25) is 4.79 Å². The molecule has 1 aromatic heterocycles. The van der Waals surface area contributed by atoms with E-state index in [0.717, 1.165) is 11.1 Å². The molecule has 2 aromatic rings. The molecule has 1 aliphatic rings. The molecule has 0 saturated carbocycles. The number of hydrogen-bond donors (Lipinski definition) is 0. The molecular weight excluding hydrogens is 398 g/mol. The van der Waals surface area contributed by atoms with Crippen LogP contribution in [-0.4, -0.2) is 59.3 Å². The van der Waals surface area contributed by atoms with Crippen molar-refractivity contribution in [3.8, 4) is 11.5 Å². The minimum Gasteiger partial charge on any atom is -0.411 e. The van der Waals surface area contributed by atoms with Gasteiger partial charge >= 0.3 is 0 Å². The number of aromatic nitrogens is 2. The van der Waals surface area contributed by atoms with Gasteiger partial charge in [0.25, 0.3) is 5.22 Å². The lowest BCUT2D eigenvalue weighted by atomic mass is 10.1. The fourth-order valence-corrected chi connectivity index (χ4v) is 5.54. The van der Waals surface area contributed by atoms with Crippen molar-refractivity contribution in [2.24, 2.45) is 5.92 Å². The molecule has 0 spiro atoms. The van der Waals surface area contributed by atoms with E-state index >= 15 is 0 Å². The highest BCUT2D eigenvalue weighted by Gasteiger charge is 2.34. The van der Waals surface area contributed by atoms with E-state index in [-0.39, 0.29) is 35.1 Å². The number of amides is 1. The van der Waals surface area contributed by atoms with Crippen LogP contribution >= 0.6 is 11.8 Å². The molecule has 1 aliphatic heterocycles. The Hall–Kier alpha value is -1.87. The van der Waals surface area contributed by atoms with E-state index in [2.05, 4.69) is 10.2 Å². The Balaban J connectivity index is 1.63. The number of benzene rings is 1. The minimum absolute atomic E-state index is 0.0499. The molecule has 0 unspecified atom stereocenters. The highest BCUT2D eigenvalue weighted by molar-refractivity contribution is 7.99. The quantitative estimate of drug-likeness (QED) is 0.632. The third-order valence-corrected chi connectivity index (χ3v) is 7.11. The lowest BCUT2D eigenvalue weighted by Crippen LogP contribution is -2.44. The van der Waals surface area contributed by atoms with Crippen molar-refractivity contribution < 1.29 is 17.6 Å². The SMILES string of the molecule is Cc1ccc(-c2nnc(SCC(=O)N(CC(C)C)[C@H]3CCS(=O)(=O)C3)o2)cc1. The molecule has 0 radical (unpaired) electrons. The normalized spacial score (nSPS) is 18.5. The van der Waals surface area contributed by atoms with Crippen molar-refractivity contribution in [2.45, 2.75) is 38.5 Å². The third-order valence-electron chi connectivity index (χ3n) is 4.56.